The lowest BCUT2D eigenvalue weighted by atomic mass is 10.1. The van der Waals surface area contributed by atoms with Gasteiger partial charge in [0.05, 0.1) is 0 Å². The Bertz CT molecular complexity index is 926. The summed E-state index contributed by atoms with van der Waals surface area (Å²) in [5.74, 6) is 0.602. The molecule has 1 N–H and O–H groups in total. The van der Waals surface area contributed by atoms with Gasteiger partial charge in [-0.25, -0.2) is 0 Å². The molecular weight excluding hydrogens is 330 g/mol. The largest absolute Gasteiger partial charge is 0.339 e. The zero-order chi connectivity index (χ0) is 18.8. The number of aromatic nitrogens is 4. The summed E-state index contributed by atoms with van der Waals surface area (Å²) >= 11 is 0. The summed E-state index contributed by atoms with van der Waals surface area (Å²) in [4.78, 5) is 16.9. The molecule has 1 amide bonds. The van der Waals surface area contributed by atoms with Crippen molar-refractivity contribution in [3.05, 3.63) is 53.2 Å². The fraction of sp³-hybridized carbons (Fsp3) is 0.368. The van der Waals surface area contributed by atoms with E-state index in [4.69, 9.17) is 4.52 Å². The Balaban J connectivity index is 1.74. The average Bonchev–Trinajstić information content (AvgIpc) is 3.21. The summed E-state index contributed by atoms with van der Waals surface area (Å²) in [5.41, 5.74) is 3.23. The molecule has 0 unspecified atom stereocenters. The Labute approximate surface area is 152 Å². The van der Waals surface area contributed by atoms with E-state index in [0.29, 0.717) is 17.4 Å². The summed E-state index contributed by atoms with van der Waals surface area (Å²) < 4.78 is 7.10. The maximum Gasteiger partial charge on any atom is 0.272 e. The summed E-state index contributed by atoms with van der Waals surface area (Å²) in [5, 5.41) is 11.2. The van der Waals surface area contributed by atoms with Crippen molar-refractivity contribution in [1.82, 2.24) is 25.2 Å². The number of carbonyl (C=O) groups is 1. The summed E-state index contributed by atoms with van der Waals surface area (Å²) in [6, 6.07) is 7.64. The molecule has 2 heterocycles. The van der Waals surface area contributed by atoms with Crippen LogP contribution in [-0.4, -0.2) is 25.8 Å². The van der Waals surface area contributed by atoms with Gasteiger partial charge in [-0.05, 0) is 40.7 Å². The van der Waals surface area contributed by atoms with E-state index >= 15 is 0 Å². The first-order chi connectivity index (χ1) is 12.3. The van der Waals surface area contributed by atoms with Crippen LogP contribution in [0, 0.1) is 13.8 Å². The summed E-state index contributed by atoms with van der Waals surface area (Å²) in [6.07, 6.45) is 1.87. The third kappa shape index (κ3) is 3.66. The van der Waals surface area contributed by atoms with Gasteiger partial charge in [0.1, 0.15) is 6.04 Å². The molecule has 3 rings (SSSR count). The first-order valence-corrected chi connectivity index (χ1v) is 8.62. The van der Waals surface area contributed by atoms with Crippen LogP contribution in [0.15, 0.2) is 35.0 Å². The SMILES string of the molecule is Cc1cccc(-c2noc([C@@H](C)NC(=O)c3nn(C(C)C)cc3C)n2)c1. The topological polar surface area (TPSA) is 85.8 Å². The lowest BCUT2D eigenvalue weighted by Gasteiger charge is -2.08. The van der Waals surface area contributed by atoms with E-state index in [1.165, 1.54) is 0 Å². The van der Waals surface area contributed by atoms with E-state index in [-0.39, 0.29) is 11.9 Å². The van der Waals surface area contributed by atoms with Gasteiger partial charge in [-0.15, -0.1) is 0 Å². The van der Waals surface area contributed by atoms with E-state index < -0.39 is 6.04 Å². The first-order valence-electron chi connectivity index (χ1n) is 8.62. The van der Waals surface area contributed by atoms with Crippen molar-refractivity contribution in [2.75, 3.05) is 0 Å². The van der Waals surface area contributed by atoms with Gasteiger partial charge in [0.15, 0.2) is 5.69 Å². The molecule has 136 valence electrons. The van der Waals surface area contributed by atoms with Crippen molar-refractivity contribution >= 4 is 5.91 Å². The molecule has 0 saturated carbocycles. The third-order valence-electron chi connectivity index (χ3n) is 4.10. The van der Waals surface area contributed by atoms with Crippen molar-refractivity contribution in [3.8, 4) is 11.4 Å². The maximum absolute atomic E-state index is 12.5. The van der Waals surface area contributed by atoms with Crippen molar-refractivity contribution in [1.29, 1.82) is 0 Å². The Morgan fingerprint density at radius 3 is 2.65 bits per heavy atom. The van der Waals surface area contributed by atoms with E-state index in [0.717, 1.165) is 16.7 Å². The second kappa shape index (κ2) is 7.11. The minimum Gasteiger partial charge on any atom is -0.339 e. The van der Waals surface area contributed by atoms with Crippen LogP contribution in [0.2, 0.25) is 0 Å². The van der Waals surface area contributed by atoms with Gasteiger partial charge in [0, 0.05) is 23.4 Å². The zero-order valence-corrected chi connectivity index (χ0v) is 15.6. The Hall–Kier alpha value is -2.96. The molecule has 0 aliphatic rings. The molecule has 0 radical (unpaired) electrons. The van der Waals surface area contributed by atoms with Gasteiger partial charge in [-0.2, -0.15) is 10.1 Å². The number of aryl methyl sites for hydroxylation is 2. The maximum atomic E-state index is 12.5. The van der Waals surface area contributed by atoms with Crippen LogP contribution in [0.25, 0.3) is 11.4 Å². The van der Waals surface area contributed by atoms with Crippen molar-refractivity contribution < 1.29 is 9.32 Å². The predicted octanol–water partition coefficient (Wildman–Crippen LogP) is 3.62. The molecule has 7 nitrogen and oxygen atoms in total. The van der Waals surface area contributed by atoms with Crippen molar-refractivity contribution in [3.63, 3.8) is 0 Å². The highest BCUT2D eigenvalue weighted by atomic mass is 16.5. The standard InChI is InChI=1S/C19H23N5O2/c1-11(2)24-10-13(4)16(22-24)18(25)20-14(5)19-21-17(23-26-19)15-8-6-7-12(3)9-15/h6-11,14H,1-5H3,(H,20,25)/t14-/m1/s1. The second-order valence-corrected chi connectivity index (χ2v) is 6.76. The predicted molar refractivity (Wildman–Crippen MR) is 97.7 cm³/mol. The minimum absolute atomic E-state index is 0.195. The number of rotatable bonds is 5. The van der Waals surface area contributed by atoms with Gasteiger partial charge in [0.25, 0.3) is 5.91 Å². The first kappa shape index (κ1) is 17.8. The van der Waals surface area contributed by atoms with Crippen LogP contribution in [0.1, 0.15) is 60.4 Å². The molecule has 0 spiro atoms. The van der Waals surface area contributed by atoms with Crippen LogP contribution in [0.5, 0.6) is 0 Å². The number of nitrogens with one attached hydrogen (secondary N) is 1. The number of hydrogen-bond acceptors (Lipinski definition) is 5. The molecule has 0 fully saturated rings. The van der Waals surface area contributed by atoms with Crippen LogP contribution < -0.4 is 5.32 Å². The summed E-state index contributed by atoms with van der Waals surface area (Å²) in [7, 11) is 0. The van der Waals surface area contributed by atoms with E-state index in [1.807, 2.05) is 58.2 Å². The van der Waals surface area contributed by atoms with Crippen LogP contribution in [0.4, 0.5) is 0 Å². The molecule has 7 heteroatoms. The van der Waals surface area contributed by atoms with Gasteiger partial charge in [0.2, 0.25) is 11.7 Å². The summed E-state index contributed by atoms with van der Waals surface area (Å²) in [6.45, 7) is 9.71. The van der Waals surface area contributed by atoms with E-state index in [2.05, 4.69) is 20.6 Å². The monoisotopic (exact) mass is 353 g/mol. The average molecular weight is 353 g/mol. The van der Waals surface area contributed by atoms with E-state index in [9.17, 15) is 4.79 Å². The molecular formula is C19H23N5O2. The minimum atomic E-state index is -0.419. The number of hydrogen-bond donors (Lipinski definition) is 1. The Morgan fingerprint density at radius 1 is 1.23 bits per heavy atom. The molecule has 3 aromatic rings. The highest BCUT2D eigenvalue weighted by Crippen LogP contribution is 2.20. The fourth-order valence-electron chi connectivity index (χ4n) is 2.61. The fourth-order valence-corrected chi connectivity index (χ4v) is 2.61. The van der Waals surface area contributed by atoms with Gasteiger partial charge in [-0.3, -0.25) is 9.48 Å². The highest BCUT2D eigenvalue weighted by molar-refractivity contribution is 5.93. The van der Waals surface area contributed by atoms with E-state index in [1.54, 1.807) is 11.6 Å². The normalized spacial score (nSPS) is 12.4. The molecule has 0 aliphatic heterocycles. The number of amides is 1. The third-order valence-corrected chi connectivity index (χ3v) is 4.10. The van der Waals surface area contributed by atoms with Gasteiger partial charge >= 0.3 is 0 Å². The molecule has 1 atom stereocenters. The molecule has 1 aromatic carbocycles. The van der Waals surface area contributed by atoms with Crippen molar-refractivity contribution in [2.45, 2.75) is 46.7 Å². The van der Waals surface area contributed by atoms with Crippen LogP contribution in [0.3, 0.4) is 0 Å². The Morgan fingerprint density at radius 2 is 2.00 bits per heavy atom. The Kier molecular flexibility index (Phi) is 4.88. The lowest BCUT2D eigenvalue weighted by molar-refractivity contribution is 0.0926. The second-order valence-electron chi connectivity index (χ2n) is 6.76. The quantitative estimate of drug-likeness (QED) is 0.757. The zero-order valence-electron chi connectivity index (χ0n) is 15.6. The van der Waals surface area contributed by atoms with Crippen molar-refractivity contribution in [2.24, 2.45) is 0 Å². The molecule has 26 heavy (non-hydrogen) atoms. The molecule has 0 saturated heterocycles. The number of nitrogens with zero attached hydrogens (tertiary/aromatic N) is 4. The molecule has 0 bridgehead atoms. The molecule has 2 aromatic heterocycles. The lowest BCUT2D eigenvalue weighted by Crippen LogP contribution is -2.28. The van der Waals surface area contributed by atoms with Crippen LogP contribution in [-0.2, 0) is 0 Å². The molecule has 0 aliphatic carbocycles. The number of benzene rings is 1. The smallest absolute Gasteiger partial charge is 0.272 e. The van der Waals surface area contributed by atoms with Gasteiger partial charge < -0.3 is 9.84 Å². The van der Waals surface area contributed by atoms with Gasteiger partial charge in [-0.1, -0.05) is 28.9 Å². The number of carbonyl (C=O) groups excluding carboxylic acids is 1. The highest BCUT2D eigenvalue weighted by Gasteiger charge is 2.21. The van der Waals surface area contributed by atoms with Crippen LogP contribution >= 0.6 is 0 Å².